The van der Waals surface area contributed by atoms with Crippen molar-refractivity contribution in [3.8, 4) is 5.75 Å². The molecule has 1 aromatic carbocycles. The van der Waals surface area contributed by atoms with Crippen LogP contribution in [-0.4, -0.2) is 17.7 Å². The van der Waals surface area contributed by atoms with Crippen LogP contribution in [0.3, 0.4) is 0 Å². The van der Waals surface area contributed by atoms with Crippen LogP contribution in [0.2, 0.25) is 0 Å². The number of hydrogen-bond donors (Lipinski definition) is 1. The molecule has 126 valence electrons. The van der Waals surface area contributed by atoms with Gasteiger partial charge in [0, 0.05) is 16.9 Å². The van der Waals surface area contributed by atoms with Gasteiger partial charge in [0.15, 0.2) is 0 Å². The fraction of sp³-hybridized carbons (Fsp3) is 0.600. The summed E-state index contributed by atoms with van der Waals surface area (Å²) in [5, 5.41) is 10.4. The second kappa shape index (κ2) is 6.10. The molecule has 0 aromatic heterocycles. The lowest BCUT2D eigenvalue weighted by atomic mass is 9.54. The molecule has 0 spiro atoms. The van der Waals surface area contributed by atoms with E-state index in [0.29, 0.717) is 5.56 Å². The normalized spacial score (nSPS) is 27.0. The Morgan fingerprint density at radius 3 is 2.35 bits per heavy atom. The molecule has 1 N–H and O–H groups in total. The van der Waals surface area contributed by atoms with Gasteiger partial charge in [0.1, 0.15) is 18.3 Å². The van der Waals surface area contributed by atoms with Crippen molar-refractivity contribution in [2.75, 3.05) is 0 Å². The lowest BCUT2D eigenvalue weighted by Gasteiger charge is -2.49. The van der Waals surface area contributed by atoms with Gasteiger partial charge in [0.2, 0.25) is 0 Å². The molecule has 0 saturated heterocycles. The van der Waals surface area contributed by atoms with E-state index >= 15 is 0 Å². The molecule has 3 nitrogen and oxygen atoms in total. The summed E-state index contributed by atoms with van der Waals surface area (Å²) in [5.74, 6) is 0.182. The number of phenols is 1. The predicted octanol–water partition coefficient (Wildman–Crippen LogP) is 4.61. The minimum Gasteiger partial charge on any atom is -0.508 e. The number of carbonyl (C=O) groups is 2. The number of aldehydes is 2. The number of phenolic OH excluding ortho intramolecular Hbond substituents is 1. The minimum absolute atomic E-state index is 0.110. The van der Waals surface area contributed by atoms with Crippen LogP contribution in [0, 0.1) is 11.3 Å². The van der Waals surface area contributed by atoms with Gasteiger partial charge in [-0.2, -0.15) is 0 Å². The zero-order valence-electron chi connectivity index (χ0n) is 14.8. The van der Waals surface area contributed by atoms with Gasteiger partial charge in [0.05, 0.1) is 0 Å². The number of rotatable bonds is 4. The van der Waals surface area contributed by atoms with Crippen molar-refractivity contribution in [2.45, 2.75) is 65.2 Å². The zero-order valence-corrected chi connectivity index (χ0v) is 14.8. The van der Waals surface area contributed by atoms with Crippen LogP contribution in [0.4, 0.5) is 0 Å². The van der Waals surface area contributed by atoms with Gasteiger partial charge >= 0.3 is 0 Å². The topological polar surface area (TPSA) is 54.4 Å². The summed E-state index contributed by atoms with van der Waals surface area (Å²) in [4.78, 5) is 23.6. The van der Waals surface area contributed by atoms with Crippen molar-refractivity contribution in [1.82, 2.24) is 0 Å². The Morgan fingerprint density at radius 1 is 1.17 bits per heavy atom. The number of aromatic hydroxyl groups is 1. The first kappa shape index (κ1) is 17.7. The maximum absolute atomic E-state index is 11.9. The van der Waals surface area contributed by atoms with Gasteiger partial charge in [-0.1, -0.05) is 41.0 Å². The molecule has 1 saturated carbocycles. The van der Waals surface area contributed by atoms with Crippen LogP contribution < -0.4 is 0 Å². The third kappa shape index (κ3) is 2.93. The van der Waals surface area contributed by atoms with E-state index in [1.807, 2.05) is 13.8 Å². The summed E-state index contributed by atoms with van der Waals surface area (Å²) in [6.07, 6.45) is 4.76. The molecule has 2 rings (SSSR count). The van der Waals surface area contributed by atoms with Crippen LogP contribution >= 0.6 is 0 Å². The molecular formula is C20H28O3. The fourth-order valence-corrected chi connectivity index (χ4v) is 4.40. The molecule has 2 atom stereocenters. The molecule has 0 aliphatic heterocycles. The number of carbonyl (C=O) groups excluding carboxylic acids is 2. The summed E-state index contributed by atoms with van der Waals surface area (Å²) in [7, 11) is 0. The molecule has 0 amide bonds. The summed E-state index contributed by atoms with van der Waals surface area (Å²) >= 11 is 0. The van der Waals surface area contributed by atoms with E-state index in [1.165, 1.54) is 0 Å². The smallest absolute Gasteiger partial charge is 0.150 e. The van der Waals surface area contributed by atoms with Crippen molar-refractivity contribution < 1.29 is 14.7 Å². The molecule has 0 radical (unpaired) electrons. The highest BCUT2D eigenvalue weighted by molar-refractivity contribution is 5.80. The summed E-state index contributed by atoms with van der Waals surface area (Å²) in [5.41, 5.74) is 1.64. The van der Waals surface area contributed by atoms with E-state index in [-0.39, 0.29) is 23.0 Å². The van der Waals surface area contributed by atoms with Gasteiger partial charge in [0.25, 0.3) is 0 Å². The van der Waals surface area contributed by atoms with E-state index in [4.69, 9.17) is 0 Å². The van der Waals surface area contributed by atoms with Gasteiger partial charge in [-0.25, -0.2) is 0 Å². The monoisotopic (exact) mass is 316 g/mol. The second-order valence-electron chi connectivity index (χ2n) is 8.14. The summed E-state index contributed by atoms with van der Waals surface area (Å²) in [6, 6.07) is 3.51. The van der Waals surface area contributed by atoms with Crippen LogP contribution in [-0.2, 0) is 10.2 Å². The molecule has 1 unspecified atom stereocenters. The van der Waals surface area contributed by atoms with Crippen molar-refractivity contribution in [3.05, 3.63) is 28.8 Å². The first-order valence-electron chi connectivity index (χ1n) is 8.45. The Hall–Kier alpha value is -1.64. The lowest BCUT2D eigenvalue weighted by molar-refractivity contribution is -0.119. The lowest BCUT2D eigenvalue weighted by Crippen LogP contribution is -2.46. The Bertz CT molecular complexity index is 616. The molecule has 1 aliphatic rings. The maximum atomic E-state index is 11.9. The van der Waals surface area contributed by atoms with Crippen LogP contribution in [0.15, 0.2) is 12.1 Å². The third-order valence-electron chi connectivity index (χ3n) is 5.74. The van der Waals surface area contributed by atoms with Gasteiger partial charge < -0.3 is 9.90 Å². The Morgan fingerprint density at radius 2 is 1.83 bits per heavy atom. The Balaban J connectivity index is 2.65. The van der Waals surface area contributed by atoms with E-state index in [2.05, 4.69) is 20.8 Å². The van der Waals surface area contributed by atoms with Crippen LogP contribution in [0.1, 0.15) is 81.3 Å². The molecule has 0 heterocycles. The fourth-order valence-electron chi connectivity index (χ4n) is 4.40. The molecule has 23 heavy (non-hydrogen) atoms. The average molecular weight is 316 g/mol. The molecular weight excluding hydrogens is 288 g/mol. The SMILES string of the molecule is CC(C)c1cc(C=O)c([C@@]2(C)CCCC(C)(C)C2C=O)cc1O. The highest BCUT2D eigenvalue weighted by atomic mass is 16.3. The van der Waals surface area contributed by atoms with Crippen molar-refractivity contribution >= 4 is 12.6 Å². The van der Waals surface area contributed by atoms with E-state index in [1.54, 1.807) is 12.1 Å². The van der Waals surface area contributed by atoms with Crippen molar-refractivity contribution in [1.29, 1.82) is 0 Å². The quantitative estimate of drug-likeness (QED) is 0.825. The largest absolute Gasteiger partial charge is 0.508 e. The van der Waals surface area contributed by atoms with E-state index < -0.39 is 5.41 Å². The Kier molecular flexibility index (Phi) is 4.70. The van der Waals surface area contributed by atoms with E-state index in [9.17, 15) is 14.7 Å². The molecule has 3 heteroatoms. The summed E-state index contributed by atoms with van der Waals surface area (Å²) in [6.45, 7) is 10.3. The van der Waals surface area contributed by atoms with E-state index in [0.717, 1.165) is 43.0 Å². The zero-order chi connectivity index (χ0) is 17.4. The maximum Gasteiger partial charge on any atom is 0.150 e. The minimum atomic E-state index is -0.424. The van der Waals surface area contributed by atoms with Gasteiger partial charge in [-0.15, -0.1) is 0 Å². The second-order valence-corrected chi connectivity index (χ2v) is 8.14. The highest BCUT2D eigenvalue weighted by Gasteiger charge is 2.48. The van der Waals surface area contributed by atoms with Gasteiger partial charge in [-0.05, 0) is 47.4 Å². The Labute approximate surface area is 139 Å². The van der Waals surface area contributed by atoms with Crippen LogP contribution in [0.5, 0.6) is 5.75 Å². The summed E-state index contributed by atoms with van der Waals surface area (Å²) < 4.78 is 0. The first-order chi connectivity index (χ1) is 10.7. The molecule has 1 aliphatic carbocycles. The van der Waals surface area contributed by atoms with Crippen molar-refractivity contribution in [2.24, 2.45) is 11.3 Å². The van der Waals surface area contributed by atoms with Crippen molar-refractivity contribution in [3.63, 3.8) is 0 Å². The molecule has 1 fully saturated rings. The molecule has 1 aromatic rings. The number of hydrogen-bond acceptors (Lipinski definition) is 3. The highest BCUT2D eigenvalue weighted by Crippen LogP contribution is 2.52. The predicted molar refractivity (Wildman–Crippen MR) is 92.1 cm³/mol. The number of benzene rings is 1. The van der Waals surface area contributed by atoms with Gasteiger partial charge in [-0.3, -0.25) is 4.79 Å². The first-order valence-corrected chi connectivity index (χ1v) is 8.45. The standard InChI is InChI=1S/C20H28O3/c1-13(2)15-9-14(11-21)16(10-17(15)23)20(5)8-6-7-19(3,4)18(20)12-22/h9-13,18,23H,6-8H2,1-5H3/t18?,20-/m1/s1. The third-order valence-corrected chi connectivity index (χ3v) is 5.74. The average Bonchev–Trinajstić information content (AvgIpc) is 2.46. The van der Waals surface area contributed by atoms with Crippen LogP contribution in [0.25, 0.3) is 0 Å². The molecule has 0 bridgehead atoms.